The van der Waals surface area contributed by atoms with Crippen molar-refractivity contribution < 1.29 is 24.2 Å². The number of carbonyl (C=O) groups is 3. The highest BCUT2D eigenvalue weighted by molar-refractivity contribution is 5.87. The summed E-state index contributed by atoms with van der Waals surface area (Å²) in [7, 11) is 1.27. The number of carbonyl (C=O) groups excluding carboxylic acids is 2. The molecule has 0 aromatic rings. The third kappa shape index (κ3) is 3.61. The Morgan fingerprint density at radius 3 is 2.71 bits per heavy atom. The van der Waals surface area contributed by atoms with Gasteiger partial charge in [-0.25, -0.2) is 9.59 Å². The molecule has 0 aliphatic carbocycles. The van der Waals surface area contributed by atoms with E-state index in [-0.39, 0.29) is 6.54 Å². The van der Waals surface area contributed by atoms with Crippen LogP contribution in [0.4, 0.5) is 4.79 Å². The number of hydrogen-bond donors (Lipinski definition) is 2. The Balaban J connectivity index is 2.60. The molecule has 2 amide bonds. The Bertz CT molecular complexity index is 318. The molecular weight excluding hydrogens is 228 g/mol. The molecule has 0 unspecified atom stereocenters. The van der Waals surface area contributed by atoms with E-state index >= 15 is 0 Å². The van der Waals surface area contributed by atoms with Gasteiger partial charge in [-0.1, -0.05) is 0 Å². The molecular formula is C10H16N2O5. The van der Waals surface area contributed by atoms with Gasteiger partial charge in [0, 0.05) is 6.54 Å². The number of rotatable bonds is 3. The van der Waals surface area contributed by atoms with Crippen LogP contribution in [0.15, 0.2) is 0 Å². The van der Waals surface area contributed by atoms with E-state index < -0.39 is 24.0 Å². The number of amides is 2. The van der Waals surface area contributed by atoms with E-state index in [1.165, 1.54) is 12.0 Å². The van der Waals surface area contributed by atoms with Gasteiger partial charge in [-0.3, -0.25) is 4.79 Å². The number of nitrogens with zero attached hydrogens (tertiary/aromatic N) is 1. The highest BCUT2D eigenvalue weighted by atomic mass is 16.5. The number of ether oxygens (including phenoxy) is 1. The molecule has 7 nitrogen and oxygen atoms in total. The van der Waals surface area contributed by atoms with Crippen molar-refractivity contribution in [3.8, 4) is 0 Å². The summed E-state index contributed by atoms with van der Waals surface area (Å²) in [4.78, 5) is 34.9. The summed E-state index contributed by atoms with van der Waals surface area (Å²) < 4.78 is 4.63. The first kappa shape index (κ1) is 13.3. The molecule has 1 rings (SSSR count). The van der Waals surface area contributed by atoms with Crippen LogP contribution in [0.3, 0.4) is 0 Å². The fourth-order valence-electron chi connectivity index (χ4n) is 1.86. The molecule has 0 aromatic carbocycles. The van der Waals surface area contributed by atoms with Crippen molar-refractivity contribution in [2.24, 2.45) is 0 Å². The molecule has 1 fully saturated rings. The standard InChI is InChI=1S/C10H16N2O5/c1-17-9(14)7-4-2-3-5-12(7)8(13)6-11-10(15)16/h7,11H,2-6H2,1H3,(H,15,16)/t7-/m0/s1. The van der Waals surface area contributed by atoms with Crippen molar-refractivity contribution in [3.63, 3.8) is 0 Å². The smallest absolute Gasteiger partial charge is 0.405 e. The van der Waals surface area contributed by atoms with Gasteiger partial charge in [0.1, 0.15) is 12.6 Å². The second kappa shape index (κ2) is 6.07. The second-order valence-corrected chi connectivity index (χ2v) is 3.78. The predicted octanol–water partition coefficient (Wildman–Crippen LogP) is -0.192. The van der Waals surface area contributed by atoms with Crippen molar-refractivity contribution in [2.45, 2.75) is 25.3 Å². The summed E-state index contributed by atoms with van der Waals surface area (Å²) in [5.41, 5.74) is 0. The summed E-state index contributed by atoms with van der Waals surface area (Å²) in [5.74, 6) is -0.851. The summed E-state index contributed by atoms with van der Waals surface area (Å²) in [6.45, 7) is 0.142. The summed E-state index contributed by atoms with van der Waals surface area (Å²) in [6.07, 6.45) is 0.971. The molecule has 0 saturated carbocycles. The number of piperidine rings is 1. The van der Waals surface area contributed by atoms with E-state index in [4.69, 9.17) is 5.11 Å². The number of esters is 1. The Kier molecular flexibility index (Phi) is 4.74. The minimum absolute atomic E-state index is 0.317. The third-order valence-electron chi connectivity index (χ3n) is 2.69. The molecule has 17 heavy (non-hydrogen) atoms. The number of methoxy groups -OCH3 is 1. The summed E-state index contributed by atoms with van der Waals surface area (Å²) in [5, 5.41) is 10.4. The highest BCUT2D eigenvalue weighted by Gasteiger charge is 2.32. The number of carboxylic acid groups (broad SMARTS) is 1. The van der Waals surface area contributed by atoms with Crippen LogP contribution in [0.2, 0.25) is 0 Å². The molecule has 2 N–H and O–H groups in total. The zero-order chi connectivity index (χ0) is 12.8. The van der Waals surface area contributed by atoms with Crippen molar-refractivity contribution in [1.82, 2.24) is 10.2 Å². The van der Waals surface area contributed by atoms with Crippen molar-refractivity contribution in [2.75, 3.05) is 20.2 Å². The summed E-state index contributed by atoms with van der Waals surface area (Å²) >= 11 is 0. The van der Waals surface area contributed by atoms with Crippen molar-refractivity contribution in [1.29, 1.82) is 0 Å². The highest BCUT2D eigenvalue weighted by Crippen LogP contribution is 2.17. The lowest BCUT2D eigenvalue weighted by Gasteiger charge is -2.33. The average molecular weight is 244 g/mol. The van der Waals surface area contributed by atoms with E-state index in [1.54, 1.807) is 0 Å². The lowest BCUT2D eigenvalue weighted by atomic mass is 10.0. The fraction of sp³-hybridized carbons (Fsp3) is 0.700. The normalized spacial score (nSPS) is 19.6. The van der Waals surface area contributed by atoms with Gasteiger partial charge in [0.15, 0.2) is 0 Å². The van der Waals surface area contributed by atoms with E-state index in [1.807, 2.05) is 5.32 Å². The van der Waals surface area contributed by atoms with Gasteiger partial charge in [0.2, 0.25) is 5.91 Å². The Morgan fingerprint density at radius 2 is 2.12 bits per heavy atom. The monoisotopic (exact) mass is 244 g/mol. The first-order valence-electron chi connectivity index (χ1n) is 5.40. The molecule has 0 bridgehead atoms. The average Bonchev–Trinajstić information content (AvgIpc) is 2.34. The van der Waals surface area contributed by atoms with Crippen molar-refractivity contribution >= 4 is 18.0 Å². The van der Waals surface area contributed by atoms with Gasteiger partial charge >= 0.3 is 12.1 Å². The Labute approximate surface area is 98.7 Å². The van der Waals surface area contributed by atoms with E-state index in [0.29, 0.717) is 13.0 Å². The van der Waals surface area contributed by atoms with Crippen LogP contribution < -0.4 is 5.32 Å². The lowest BCUT2D eigenvalue weighted by molar-refractivity contribution is -0.154. The molecule has 0 aromatic heterocycles. The molecule has 1 heterocycles. The van der Waals surface area contributed by atoms with Crippen molar-refractivity contribution in [3.05, 3.63) is 0 Å². The quantitative estimate of drug-likeness (QED) is 0.671. The van der Waals surface area contributed by atoms with Crippen LogP contribution in [0.25, 0.3) is 0 Å². The van der Waals surface area contributed by atoms with E-state index in [2.05, 4.69) is 4.74 Å². The maximum Gasteiger partial charge on any atom is 0.405 e. The zero-order valence-corrected chi connectivity index (χ0v) is 9.64. The third-order valence-corrected chi connectivity index (χ3v) is 2.69. The molecule has 1 saturated heterocycles. The number of likely N-dealkylation sites (tertiary alicyclic amines) is 1. The summed E-state index contributed by atoms with van der Waals surface area (Å²) in [6, 6.07) is -0.586. The zero-order valence-electron chi connectivity index (χ0n) is 9.64. The molecule has 7 heteroatoms. The van der Waals surface area contributed by atoms with Crippen LogP contribution in [-0.2, 0) is 14.3 Å². The molecule has 96 valence electrons. The van der Waals surface area contributed by atoms with Crippen LogP contribution in [-0.4, -0.2) is 54.2 Å². The first-order chi connectivity index (χ1) is 8.06. The van der Waals surface area contributed by atoms with Gasteiger partial charge in [-0.05, 0) is 19.3 Å². The largest absolute Gasteiger partial charge is 0.467 e. The van der Waals surface area contributed by atoms with Gasteiger partial charge in [0.05, 0.1) is 7.11 Å². The van der Waals surface area contributed by atoms with Crippen LogP contribution >= 0.6 is 0 Å². The maximum absolute atomic E-state index is 11.7. The molecule has 1 aliphatic rings. The van der Waals surface area contributed by atoms with Gasteiger partial charge < -0.3 is 20.1 Å². The molecule has 1 aliphatic heterocycles. The van der Waals surface area contributed by atoms with Gasteiger partial charge in [0.25, 0.3) is 0 Å². The topological polar surface area (TPSA) is 95.9 Å². The van der Waals surface area contributed by atoms with Gasteiger partial charge in [-0.15, -0.1) is 0 Å². The molecule has 0 radical (unpaired) electrons. The fourth-order valence-corrected chi connectivity index (χ4v) is 1.86. The second-order valence-electron chi connectivity index (χ2n) is 3.78. The van der Waals surface area contributed by atoms with E-state index in [9.17, 15) is 14.4 Å². The number of hydrogen-bond acceptors (Lipinski definition) is 4. The number of nitrogens with one attached hydrogen (secondary N) is 1. The van der Waals surface area contributed by atoms with Crippen LogP contribution in [0.5, 0.6) is 0 Å². The first-order valence-corrected chi connectivity index (χ1v) is 5.40. The predicted molar refractivity (Wildman–Crippen MR) is 57.4 cm³/mol. The Morgan fingerprint density at radius 1 is 1.41 bits per heavy atom. The SMILES string of the molecule is COC(=O)[C@@H]1CCCCN1C(=O)CNC(=O)O. The molecule has 1 atom stereocenters. The van der Waals surface area contributed by atoms with Crippen LogP contribution in [0, 0.1) is 0 Å². The molecule has 0 spiro atoms. The minimum Gasteiger partial charge on any atom is -0.467 e. The van der Waals surface area contributed by atoms with Crippen LogP contribution in [0.1, 0.15) is 19.3 Å². The minimum atomic E-state index is -1.26. The lowest BCUT2D eigenvalue weighted by Crippen LogP contribution is -2.51. The maximum atomic E-state index is 11.7. The Hall–Kier alpha value is -1.79. The van der Waals surface area contributed by atoms with Gasteiger partial charge in [-0.2, -0.15) is 0 Å². The van der Waals surface area contributed by atoms with E-state index in [0.717, 1.165) is 12.8 Å².